The van der Waals surface area contributed by atoms with Gasteiger partial charge in [-0.05, 0) is 43.3 Å². The minimum absolute atomic E-state index is 0.0708. The lowest BCUT2D eigenvalue weighted by Gasteiger charge is -2.07. The summed E-state index contributed by atoms with van der Waals surface area (Å²) < 4.78 is 0. The Morgan fingerprint density at radius 3 is 2.75 bits per heavy atom. The van der Waals surface area contributed by atoms with Crippen molar-refractivity contribution in [2.24, 2.45) is 0 Å². The van der Waals surface area contributed by atoms with Crippen molar-refractivity contribution in [2.45, 2.75) is 23.9 Å². The van der Waals surface area contributed by atoms with Crippen molar-refractivity contribution >= 4 is 17.7 Å². The molecule has 0 amide bonds. The third kappa shape index (κ3) is 2.60. The number of aryl methyl sites for hydroxylation is 1. The number of hydrogen-bond acceptors (Lipinski definition) is 6. The van der Waals surface area contributed by atoms with Gasteiger partial charge >= 0.3 is 5.97 Å². The number of carboxylic acids is 1. The van der Waals surface area contributed by atoms with E-state index in [1.807, 2.05) is 0 Å². The predicted octanol–water partition coefficient (Wildman–Crippen LogP) is 2.21. The zero-order valence-corrected chi connectivity index (χ0v) is 11.6. The van der Waals surface area contributed by atoms with Gasteiger partial charge in [0.1, 0.15) is 16.1 Å². The van der Waals surface area contributed by atoms with Crippen LogP contribution < -0.4 is 0 Å². The molecule has 0 aromatic carbocycles. The van der Waals surface area contributed by atoms with Gasteiger partial charge < -0.3 is 5.11 Å². The Kier molecular flexibility index (Phi) is 3.96. The summed E-state index contributed by atoms with van der Waals surface area (Å²) in [6.45, 7) is 3.55. The molecule has 2 heterocycles. The van der Waals surface area contributed by atoms with Crippen LogP contribution in [0.2, 0.25) is 0 Å². The van der Waals surface area contributed by atoms with Crippen LogP contribution in [0.15, 0.2) is 28.4 Å². The Labute approximate surface area is 119 Å². The molecule has 0 unspecified atom stereocenters. The number of aromatic nitrogens is 3. The number of nitriles is 1. The van der Waals surface area contributed by atoms with Crippen molar-refractivity contribution in [3.63, 3.8) is 0 Å². The van der Waals surface area contributed by atoms with Gasteiger partial charge in [0.05, 0.1) is 16.8 Å². The molecule has 100 valence electrons. The second-order valence-electron chi connectivity index (χ2n) is 3.97. The van der Waals surface area contributed by atoms with Crippen molar-refractivity contribution < 1.29 is 9.90 Å². The second-order valence-corrected chi connectivity index (χ2v) is 4.94. The molecule has 7 heteroatoms. The Bertz CT molecular complexity index is 725. The number of rotatable bonds is 3. The van der Waals surface area contributed by atoms with E-state index in [9.17, 15) is 10.1 Å². The minimum Gasteiger partial charge on any atom is -0.478 e. The summed E-state index contributed by atoms with van der Waals surface area (Å²) in [4.78, 5) is 15.2. The fraction of sp³-hybridized carbons (Fsp3) is 0.154. The van der Waals surface area contributed by atoms with E-state index in [1.54, 1.807) is 19.9 Å². The van der Waals surface area contributed by atoms with Crippen LogP contribution in [0.4, 0.5) is 0 Å². The molecular weight excluding hydrogens is 276 g/mol. The number of nitrogens with zero attached hydrogens (tertiary/aromatic N) is 4. The lowest BCUT2D eigenvalue weighted by Crippen LogP contribution is -2.02. The molecule has 0 radical (unpaired) electrons. The molecule has 0 atom stereocenters. The Morgan fingerprint density at radius 1 is 1.35 bits per heavy atom. The highest BCUT2D eigenvalue weighted by Gasteiger charge is 2.17. The molecule has 0 saturated carbocycles. The van der Waals surface area contributed by atoms with Crippen LogP contribution in [0.1, 0.15) is 27.2 Å². The number of hydrogen-bond donors (Lipinski definition) is 1. The quantitative estimate of drug-likeness (QED) is 0.923. The average Bonchev–Trinajstić information content (AvgIpc) is 2.43. The number of carbonyl (C=O) groups is 1. The predicted molar refractivity (Wildman–Crippen MR) is 71.5 cm³/mol. The summed E-state index contributed by atoms with van der Waals surface area (Å²) in [6.07, 6.45) is 1.50. The normalized spacial score (nSPS) is 10.1. The lowest BCUT2D eigenvalue weighted by molar-refractivity contribution is 0.0692. The van der Waals surface area contributed by atoms with Crippen LogP contribution in [0, 0.1) is 25.2 Å². The van der Waals surface area contributed by atoms with Gasteiger partial charge in [0.15, 0.2) is 0 Å². The third-order valence-electron chi connectivity index (χ3n) is 2.73. The summed E-state index contributed by atoms with van der Waals surface area (Å²) in [5.41, 5.74) is 1.87. The smallest absolute Gasteiger partial charge is 0.338 e. The SMILES string of the molecule is Cc1nnc(Sc2ncccc2C(=O)O)c(C#N)c1C. The first kappa shape index (κ1) is 14.0. The topological polar surface area (TPSA) is 99.8 Å². The van der Waals surface area contributed by atoms with E-state index in [4.69, 9.17) is 5.11 Å². The third-order valence-corrected chi connectivity index (χ3v) is 3.73. The molecule has 2 aromatic heterocycles. The molecule has 0 saturated heterocycles. The number of pyridine rings is 1. The van der Waals surface area contributed by atoms with Gasteiger partial charge in [-0.1, -0.05) is 0 Å². The van der Waals surface area contributed by atoms with E-state index < -0.39 is 5.97 Å². The Hall–Kier alpha value is -2.46. The van der Waals surface area contributed by atoms with E-state index >= 15 is 0 Å². The summed E-state index contributed by atoms with van der Waals surface area (Å²) in [5, 5.41) is 26.9. The molecule has 20 heavy (non-hydrogen) atoms. The van der Waals surface area contributed by atoms with Crippen LogP contribution in [0.3, 0.4) is 0 Å². The van der Waals surface area contributed by atoms with Crippen LogP contribution in [-0.2, 0) is 0 Å². The first-order valence-electron chi connectivity index (χ1n) is 5.64. The monoisotopic (exact) mass is 286 g/mol. The highest BCUT2D eigenvalue weighted by molar-refractivity contribution is 7.99. The van der Waals surface area contributed by atoms with E-state index in [0.29, 0.717) is 16.3 Å². The van der Waals surface area contributed by atoms with Crippen molar-refractivity contribution in [1.29, 1.82) is 5.26 Å². The fourth-order valence-corrected chi connectivity index (χ4v) is 2.46. The molecule has 0 aliphatic rings. The van der Waals surface area contributed by atoms with Gasteiger partial charge in [-0.2, -0.15) is 10.4 Å². The van der Waals surface area contributed by atoms with Crippen LogP contribution >= 0.6 is 11.8 Å². The Balaban J connectivity index is 2.49. The molecule has 1 N–H and O–H groups in total. The lowest BCUT2D eigenvalue weighted by atomic mass is 10.1. The molecule has 0 aliphatic carbocycles. The first-order chi connectivity index (χ1) is 9.54. The minimum atomic E-state index is -1.07. The summed E-state index contributed by atoms with van der Waals surface area (Å²) >= 11 is 1.03. The summed E-state index contributed by atoms with van der Waals surface area (Å²) in [5.74, 6) is -1.07. The van der Waals surface area contributed by atoms with Gasteiger partial charge in [0, 0.05) is 6.20 Å². The van der Waals surface area contributed by atoms with Crippen molar-refractivity contribution in [1.82, 2.24) is 15.2 Å². The van der Waals surface area contributed by atoms with Gasteiger partial charge in [0.2, 0.25) is 0 Å². The van der Waals surface area contributed by atoms with Gasteiger partial charge in [-0.15, -0.1) is 5.10 Å². The number of aromatic carboxylic acids is 1. The molecule has 2 rings (SSSR count). The summed E-state index contributed by atoms with van der Waals surface area (Å²) in [7, 11) is 0. The fourth-order valence-electron chi connectivity index (χ4n) is 1.52. The maximum absolute atomic E-state index is 11.1. The maximum atomic E-state index is 11.1. The van der Waals surface area contributed by atoms with Gasteiger partial charge in [-0.3, -0.25) is 0 Å². The zero-order chi connectivity index (χ0) is 14.7. The van der Waals surface area contributed by atoms with E-state index in [-0.39, 0.29) is 10.6 Å². The van der Waals surface area contributed by atoms with Crippen LogP contribution in [0.5, 0.6) is 0 Å². The number of carboxylic acid groups (broad SMARTS) is 1. The van der Waals surface area contributed by atoms with Crippen molar-refractivity contribution in [3.05, 3.63) is 40.7 Å². The highest BCUT2D eigenvalue weighted by Crippen LogP contribution is 2.30. The standard InChI is InChI=1S/C13H10N4O2S/c1-7-8(2)16-17-12(10(7)6-14)20-11-9(13(18)19)4-3-5-15-11/h3-5H,1-2H3,(H,18,19). The summed E-state index contributed by atoms with van der Waals surface area (Å²) in [6, 6.07) is 5.08. The molecule has 6 nitrogen and oxygen atoms in total. The van der Waals surface area contributed by atoms with Crippen molar-refractivity contribution in [2.75, 3.05) is 0 Å². The van der Waals surface area contributed by atoms with Crippen molar-refractivity contribution in [3.8, 4) is 6.07 Å². The highest BCUT2D eigenvalue weighted by atomic mass is 32.2. The Morgan fingerprint density at radius 2 is 2.10 bits per heavy atom. The van der Waals surface area contributed by atoms with Gasteiger partial charge in [0.25, 0.3) is 0 Å². The van der Waals surface area contributed by atoms with Crippen LogP contribution in [0.25, 0.3) is 0 Å². The van der Waals surface area contributed by atoms with Gasteiger partial charge in [-0.25, -0.2) is 9.78 Å². The molecule has 0 aliphatic heterocycles. The van der Waals surface area contributed by atoms with E-state index in [0.717, 1.165) is 17.3 Å². The van der Waals surface area contributed by atoms with E-state index in [1.165, 1.54) is 12.3 Å². The van der Waals surface area contributed by atoms with E-state index in [2.05, 4.69) is 21.3 Å². The maximum Gasteiger partial charge on any atom is 0.338 e. The molecule has 0 fully saturated rings. The first-order valence-corrected chi connectivity index (χ1v) is 6.46. The molecule has 2 aromatic rings. The van der Waals surface area contributed by atoms with Crippen LogP contribution in [-0.4, -0.2) is 26.3 Å². The largest absolute Gasteiger partial charge is 0.478 e. The molecule has 0 spiro atoms. The average molecular weight is 286 g/mol. The second kappa shape index (κ2) is 5.67. The molecule has 0 bridgehead atoms. The molecular formula is C13H10N4O2S. The zero-order valence-electron chi connectivity index (χ0n) is 10.8.